The molecule has 0 saturated carbocycles. The van der Waals surface area contributed by atoms with E-state index in [0.717, 1.165) is 18.4 Å². The smallest absolute Gasteiger partial charge is 0.0991 e. The molecule has 1 aromatic rings. The van der Waals surface area contributed by atoms with Gasteiger partial charge in [0.2, 0.25) is 0 Å². The molecule has 0 amide bonds. The average Bonchev–Trinajstić information content (AvgIpc) is 2.30. The molecular formula is C13H17NO. The van der Waals surface area contributed by atoms with Crippen LogP contribution in [0.1, 0.15) is 43.9 Å². The number of nitriles is 1. The summed E-state index contributed by atoms with van der Waals surface area (Å²) in [6, 6.07) is 9.30. The lowest BCUT2D eigenvalue weighted by Crippen LogP contribution is -2.10. The predicted molar refractivity (Wildman–Crippen MR) is 60.2 cm³/mol. The number of hydrogen-bond acceptors (Lipinski definition) is 2. The highest BCUT2D eigenvalue weighted by atomic mass is 16.3. The largest absolute Gasteiger partial charge is 0.388 e. The Morgan fingerprint density at radius 1 is 1.33 bits per heavy atom. The molecule has 2 heteroatoms. The second kappa shape index (κ2) is 5.53. The van der Waals surface area contributed by atoms with E-state index in [9.17, 15) is 5.11 Å². The van der Waals surface area contributed by atoms with Crippen LogP contribution in [0.5, 0.6) is 0 Å². The minimum Gasteiger partial charge on any atom is -0.388 e. The molecule has 2 nitrogen and oxygen atoms in total. The van der Waals surface area contributed by atoms with E-state index in [4.69, 9.17) is 5.26 Å². The van der Waals surface area contributed by atoms with Crippen LogP contribution < -0.4 is 0 Å². The van der Waals surface area contributed by atoms with Gasteiger partial charge in [-0.15, -0.1) is 0 Å². The zero-order valence-electron chi connectivity index (χ0n) is 9.27. The Labute approximate surface area is 91.2 Å². The molecule has 0 fully saturated rings. The van der Waals surface area contributed by atoms with Gasteiger partial charge in [0, 0.05) is 0 Å². The van der Waals surface area contributed by atoms with E-state index < -0.39 is 6.10 Å². The molecule has 0 aliphatic heterocycles. The van der Waals surface area contributed by atoms with Crippen molar-refractivity contribution in [3.05, 3.63) is 35.4 Å². The number of nitrogens with zero attached hydrogens (tertiary/aromatic N) is 1. The minimum absolute atomic E-state index is 0.277. The van der Waals surface area contributed by atoms with Crippen molar-refractivity contribution >= 4 is 0 Å². The summed E-state index contributed by atoms with van der Waals surface area (Å²) in [4.78, 5) is 0. The first-order chi connectivity index (χ1) is 7.22. The third-order valence-electron chi connectivity index (χ3n) is 2.85. The Morgan fingerprint density at radius 3 is 2.53 bits per heavy atom. The molecule has 1 N–H and O–H groups in total. The molecule has 0 radical (unpaired) electrons. The quantitative estimate of drug-likeness (QED) is 0.817. The molecule has 1 aromatic carbocycles. The molecule has 80 valence electrons. The van der Waals surface area contributed by atoms with Crippen molar-refractivity contribution in [2.45, 2.75) is 32.8 Å². The molecule has 0 heterocycles. The number of benzene rings is 1. The first-order valence-corrected chi connectivity index (χ1v) is 5.41. The van der Waals surface area contributed by atoms with E-state index in [1.807, 2.05) is 12.1 Å². The standard InChI is InChI=1S/C13H17NO/c1-3-11(4-2)13(15)12-7-5-6-10(8-12)9-14/h5-8,11,13,15H,3-4H2,1-2H3. The van der Waals surface area contributed by atoms with Gasteiger partial charge >= 0.3 is 0 Å². The lowest BCUT2D eigenvalue weighted by atomic mass is 9.91. The van der Waals surface area contributed by atoms with Crippen molar-refractivity contribution in [1.82, 2.24) is 0 Å². The number of aliphatic hydroxyl groups excluding tert-OH is 1. The summed E-state index contributed by atoms with van der Waals surface area (Å²) in [5.41, 5.74) is 1.46. The van der Waals surface area contributed by atoms with Crippen molar-refractivity contribution < 1.29 is 5.11 Å². The van der Waals surface area contributed by atoms with Crippen LogP contribution in [-0.2, 0) is 0 Å². The fraction of sp³-hybridized carbons (Fsp3) is 0.462. The van der Waals surface area contributed by atoms with Gasteiger partial charge in [-0.2, -0.15) is 5.26 Å². The van der Waals surface area contributed by atoms with E-state index >= 15 is 0 Å². The average molecular weight is 203 g/mol. The Kier molecular flexibility index (Phi) is 4.33. The van der Waals surface area contributed by atoms with Gasteiger partial charge in [0.1, 0.15) is 0 Å². The third-order valence-corrected chi connectivity index (χ3v) is 2.85. The van der Waals surface area contributed by atoms with Crippen LogP contribution >= 0.6 is 0 Å². The Morgan fingerprint density at radius 2 is 2.00 bits per heavy atom. The Balaban J connectivity index is 2.90. The van der Waals surface area contributed by atoms with Crippen LogP contribution in [0.2, 0.25) is 0 Å². The van der Waals surface area contributed by atoms with Crippen LogP contribution in [0.15, 0.2) is 24.3 Å². The van der Waals surface area contributed by atoms with Gasteiger partial charge in [0.25, 0.3) is 0 Å². The second-order valence-electron chi connectivity index (χ2n) is 3.76. The molecule has 0 bridgehead atoms. The number of hydrogen-bond donors (Lipinski definition) is 1. The van der Waals surface area contributed by atoms with E-state index in [0.29, 0.717) is 5.56 Å². The summed E-state index contributed by atoms with van der Waals surface area (Å²) in [5, 5.41) is 18.9. The minimum atomic E-state index is -0.451. The maximum Gasteiger partial charge on any atom is 0.0991 e. The third kappa shape index (κ3) is 2.81. The highest BCUT2D eigenvalue weighted by Gasteiger charge is 2.17. The molecule has 0 aromatic heterocycles. The first kappa shape index (κ1) is 11.7. The lowest BCUT2D eigenvalue weighted by Gasteiger charge is -2.20. The highest BCUT2D eigenvalue weighted by molar-refractivity contribution is 5.33. The van der Waals surface area contributed by atoms with E-state index in [2.05, 4.69) is 19.9 Å². The van der Waals surface area contributed by atoms with Crippen molar-refractivity contribution in [3.8, 4) is 6.07 Å². The van der Waals surface area contributed by atoms with Gasteiger partial charge in [-0.3, -0.25) is 0 Å². The summed E-state index contributed by atoms with van der Waals surface area (Å²) in [6.07, 6.45) is 1.46. The van der Waals surface area contributed by atoms with Gasteiger partial charge in [-0.1, -0.05) is 38.8 Å². The number of rotatable bonds is 4. The monoisotopic (exact) mass is 203 g/mol. The zero-order valence-corrected chi connectivity index (χ0v) is 9.27. The predicted octanol–water partition coefficient (Wildman–Crippen LogP) is 3.03. The van der Waals surface area contributed by atoms with Crippen LogP contribution in [0.3, 0.4) is 0 Å². The molecule has 1 atom stereocenters. The molecule has 1 rings (SSSR count). The highest BCUT2D eigenvalue weighted by Crippen LogP contribution is 2.27. The second-order valence-corrected chi connectivity index (χ2v) is 3.76. The number of aliphatic hydroxyl groups is 1. The Bertz CT molecular complexity index is 350. The molecular weight excluding hydrogens is 186 g/mol. The van der Waals surface area contributed by atoms with Crippen LogP contribution in [-0.4, -0.2) is 5.11 Å². The SMILES string of the molecule is CCC(CC)C(O)c1cccc(C#N)c1. The van der Waals surface area contributed by atoms with Gasteiger partial charge in [0.05, 0.1) is 17.7 Å². The summed E-state index contributed by atoms with van der Waals surface area (Å²) >= 11 is 0. The fourth-order valence-corrected chi connectivity index (χ4v) is 1.80. The topological polar surface area (TPSA) is 44.0 Å². The molecule has 15 heavy (non-hydrogen) atoms. The van der Waals surface area contributed by atoms with E-state index in [-0.39, 0.29) is 5.92 Å². The maximum atomic E-state index is 10.1. The van der Waals surface area contributed by atoms with E-state index in [1.54, 1.807) is 12.1 Å². The van der Waals surface area contributed by atoms with Crippen molar-refractivity contribution in [1.29, 1.82) is 5.26 Å². The summed E-state index contributed by atoms with van der Waals surface area (Å²) < 4.78 is 0. The van der Waals surface area contributed by atoms with Crippen molar-refractivity contribution in [3.63, 3.8) is 0 Å². The van der Waals surface area contributed by atoms with E-state index in [1.165, 1.54) is 0 Å². The summed E-state index contributed by atoms with van der Waals surface area (Å²) in [6.45, 7) is 4.15. The molecule has 0 spiro atoms. The van der Waals surface area contributed by atoms with Crippen LogP contribution in [0, 0.1) is 17.2 Å². The zero-order chi connectivity index (χ0) is 11.3. The fourth-order valence-electron chi connectivity index (χ4n) is 1.80. The molecule has 0 saturated heterocycles. The molecule has 1 unspecified atom stereocenters. The van der Waals surface area contributed by atoms with Gasteiger partial charge in [0.15, 0.2) is 0 Å². The molecule has 0 aliphatic carbocycles. The maximum absolute atomic E-state index is 10.1. The Hall–Kier alpha value is -1.33. The molecule has 0 aliphatic rings. The lowest BCUT2D eigenvalue weighted by molar-refractivity contribution is 0.103. The van der Waals surface area contributed by atoms with Crippen molar-refractivity contribution in [2.75, 3.05) is 0 Å². The van der Waals surface area contributed by atoms with Crippen molar-refractivity contribution in [2.24, 2.45) is 5.92 Å². The van der Waals surface area contributed by atoms with Crippen LogP contribution in [0.4, 0.5) is 0 Å². The van der Waals surface area contributed by atoms with Gasteiger partial charge in [-0.25, -0.2) is 0 Å². The van der Waals surface area contributed by atoms with Gasteiger partial charge < -0.3 is 5.11 Å². The van der Waals surface area contributed by atoms with Gasteiger partial charge in [-0.05, 0) is 23.6 Å². The normalized spacial score (nSPS) is 12.5. The summed E-state index contributed by atoms with van der Waals surface area (Å²) in [7, 11) is 0. The first-order valence-electron chi connectivity index (χ1n) is 5.41. The van der Waals surface area contributed by atoms with Crippen LogP contribution in [0.25, 0.3) is 0 Å². The summed E-state index contributed by atoms with van der Waals surface area (Å²) in [5.74, 6) is 0.277.